The summed E-state index contributed by atoms with van der Waals surface area (Å²) in [4.78, 5) is 30.8. The van der Waals surface area contributed by atoms with Crippen LogP contribution in [0.3, 0.4) is 0 Å². The molecule has 0 radical (unpaired) electrons. The lowest BCUT2D eigenvalue weighted by Crippen LogP contribution is -2.49. The van der Waals surface area contributed by atoms with Crippen molar-refractivity contribution in [2.24, 2.45) is 0 Å². The number of rotatable bonds is 5. The van der Waals surface area contributed by atoms with Gasteiger partial charge in [0.05, 0.1) is 17.6 Å². The monoisotopic (exact) mass is 401 g/mol. The van der Waals surface area contributed by atoms with Gasteiger partial charge < -0.3 is 9.80 Å². The second-order valence-electron chi connectivity index (χ2n) is 7.21. The van der Waals surface area contributed by atoms with Crippen LogP contribution in [0.2, 0.25) is 5.02 Å². The van der Waals surface area contributed by atoms with Crippen molar-refractivity contribution in [3.8, 4) is 5.69 Å². The fraction of sp³-hybridized carbons (Fsp3) is 0.450. The molecule has 4 rings (SSSR count). The molecule has 0 spiro atoms. The Morgan fingerprint density at radius 1 is 0.964 bits per heavy atom. The number of hydrogen-bond donors (Lipinski definition) is 0. The van der Waals surface area contributed by atoms with Crippen LogP contribution in [0.15, 0.2) is 41.3 Å². The Kier molecular flexibility index (Phi) is 5.64. The number of anilines is 1. The minimum atomic E-state index is -0.305. The molecule has 2 fully saturated rings. The van der Waals surface area contributed by atoms with Crippen molar-refractivity contribution in [3.05, 3.63) is 51.9 Å². The summed E-state index contributed by atoms with van der Waals surface area (Å²) in [6.07, 6.45) is 3.34. The van der Waals surface area contributed by atoms with Gasteiger partial charge in [-0.05, 0) is 18.6 Å². The summed E-state index contributed by atoms with van der Waals surface area (Å²) < 4.78 is 1.33. The van der Waals surface area contributed by atoms with Crippen molar-refractivity contribution >= 4 is 23.2 Å². The molecule has 2 aliphatic rings. The number of nitrogens with zero attached hydrogens (tertiary/aromatic N) is 5. The first-order valence-corrected chi connectivity index (χ1v) is 10.1. The molecule has 1 aromatic carbocycles. The van der Waals surface area contributed by atoms with Crippen LogP contribution in [0.1, 0.15) is 12.8 Å². The predicted octanol–water partition coefficient (Wildman–Crippen LogP) is 1.63. The molecule has 0 atom stereocenters. The molecular weight excluding hydrogens is 378 g/mol. The van der Waals surface area contributed by atoms with Crippen molar-refractivity contribution in [1.29, 1.82) is 0 Å². The summed E-state index contributed by atoms with van der Waals surface area (Å²) in [7, 11) is 0. The van der Waals surface area contributed by atoms with E-state index >= 15 is 0 Å². The van der Waals surface area contributed by atoms with E-state index in [-0.39, 0.29) is 16.5 Å². The average Bonchev–Trinajstić information content (AvgIpc) is 3.14. The lowest BCUT2D eigenvalue weighted by molar-refractivity contribution is -0.127. The highest BCUT2D eigenvalue weighted by atomic mass is 35.5. The Balaban J connectivity index is 1.39. The third kappa shape index (κ3) is 3.91. The zero-order valence-electron chi connectivity index (χ0n) is 15.8. The minimum Gasteiger partial charge on any atom is -0.366 e. The first-order chi connectivity index (χ1) is 13.6. The lowest BCUT2D eigenvalue weighted by Gasteiger charge is -2.36. The maximum atomic E-state index is 12.7. The maximum absolute atomic E-state index is 12.7. The molecule has 2 saturated heterocycles. The maximum Gasteiger partial charge on any atom is 0.292 e. The minimum absolute atomic E-state index is 0.204. The van der Waals surface area contributed by atoms with E-state index in [9.17, 15) is 9.59 Å². The molecule has 0 unspecified atom stereocenters. The van der Waals surface area contributed by atoms with Crippen LogP contribution < -0.4 is 10.5 Å². The molecule has 2 aromatic rings. The third-order valence-corrected chi connectivity index (χ3v) is 5.83. The number of piperazine rings is 1. The molecule has 0 N–H and O–H groups in total. The Morgan fingerprint density at radius 2 is 1.71 bits per heavy atom. The summed E-state index contributed by atoms with van der Waals surface area (Å²) in [6.45, 7) is 5.89. The fourth-order valence-electron chi connectivity index (χ4n) is 3.81. The summed E-state index contributed by atoms with van der Waals surface area (Å²) >= 11 is 6.41. The summed E-state index contributed by atoms with van der Waals surface area (Å²) in [5, 5.41) is 4.52. The van der Waals surface area contributed by atoms with Crippen LogP contribution in [-0.4, -0.2) is 71.3 Å². The number of para-hydroxylation sites is 1. The van der Waals surface area contributed by atoms with Crippen LogP contribution in [0.4, 0.5) is 5.69 Å². The molecule has 148 valence electrons. The second-order valence-corrected chi connectivity index (χ2v) is 7.59. The number of carbonyl (C=O) groups excluding carboxylic acids is 1. The Labute approximate surface area is 169 Å². The molecule has 28 heavy (non-hydrogen) atoms. The van der Waals surface area contributed by atoms with Crippen molar-refractivity contribution in [1.82, 2.24) is 19.6 Å². The number of likely N-dealkylation sites (tertiary alicyclic amines) is 1. The number of halogens is 1. The van der Waals surface area contributed by atoms with Crippen LogP contribution in [0, 0.1) is 0 Å². The first kappa shape index (κ1) is 19.0. The summed E-state index contributed by atoms with van der Waals surface area (Å²) in [5.41, 5.74) is 1.08. The fourth-order valence-corrected chi connectivity index (χ4v) is 4.06. The van der Waals surface area contributed by atoms with Gasteiger partial charge in [0.15, 0.2) is 0 Å². The molecule has 1 aromatic heterocycles. The van der Waals surface area contributed by atoms with Crippen molar-refractivity contribution in [2.75, 3.05) is 50.7 Å². The molecule has 7 nitrogen and oxygen atoms in total. The molecule has 2 aliphatic heterocycles. The summed E-state index contributed by atoms with van der Waals surface area (Å²) in [5.74, 6) is 0.274. The molecule has 0 saturated carbocycles. The van der Waals surface area contributed by atoms with Crippen LogP contribution in [-0.2, 0) is 4.79 Å². The Bertz CT molecular complexity index is 893. The third-order valence-electron chi connectivity index (χ3n) is 5.47. The largest absolute Gasteiger partial charge is 0.366 e. The van der Waals surface area contributed by atoms with Gasteiger partial charge in [0.25, 0.3) is 5.56 Å². The molecular formula is C20H24ClN5O2. The van der Waals surface area contributed by atoms with Crippen LogP contribution in [0.5, 0.6) is 0 Å². The molecule has 0 bridgehead atoms. The molecule has 8 heteroatoms. The first-order valence-electron chi connectivity index (χ1n) is 9.72. The molecule has 3 heterocycles. The zero-order chi connectivity index (χ0) is 19.5. The van der Waals surface area contributed by atoms with E-state index in [2.05, 4.69) is 14.9 Å². The highest BCUT2D eigenvalue weighted by molar-refractivity contribution is 6.33. The van der Waals surface area contributed by atoms with E-state index in [0.29, 0.717) is 17.8 Å². The van der Waals surface area contributed by atoms with Crippen molar-refractivity contribution < 1.29 is 4.79 Å². The van der Waals surface area contributed by atoms with Gasteiger partial charge in [0.2, 0.25) is 5.91 Å². The number of amides is 1. The van der Waals surface area contributed by atoms with Gasteiger partial charge in [-0.1, -0.05) is 29.8 Å². The zero-order valence-corrected chi connectivity index (χ0v) is 16.5. The SMILES string of the molecule is O=C1CCCN1CCN1CCN(c2cnn(-c3ccccc3)c(=O)c2Cl)CC1. The van der Waals surface area contributed by atoms with Gasteiger partial charge in [-0.2, -0.15) is 9.78 Å². The number of aromatic nitrogens is 2. The quantitative estimate of drug-likeness (QED) is 0.762. The van der Waals surface area contributed by atoms with E-state index in [1.807, 2.05) is 35.2 Å². The Morgan fingerprint density at radius 3 is 2.39 bits per heavy atom. The smallest absolute Gasteiger partial charge is 0.292 e. The molecule has 0 aliphatic carbocycles. The van der Waals surface area contributed by atoms with Gasteiger partial charge >= 0.3 is 0 Å². The normalized spacial score (nSPS) is 18.1. The van der Waals surface area contributed by atoms with Gasteiger partial charge in [-0.3, -0.25) is 14.5 Å². The Hall–Kier alpha value is -2.38. The molecule has 1 amide bonds. The number of benzene rings is 1. The van der Waals surface area contributed by atoms with Gasteiger partial charge in [-0.25, -0.2) is 0 Å². The predicted molar refractivity (Wildman–Crippen MR) is 109 cm³/mol. The van der Waals surface area contributed by atoms with E-state index in [4.69, 9.17) is 11.6 Å². The van der Waals surface area contributed by atoms with Crippen LogP contribution >= 0.6 is 11.6 Å². The van der Waals surface area contributed by atoms with E-state index in [1.165, 1.54) is 4.68 Å². The second kappa shape index (κ2) is 8.32. The van der Waals surface area contributed by atoms with E-state index in [0.717, 1.165) is 52.2 Å². The van der Waals surface area contributed by atoms with Crippen LogP contribution in [0.25, 0.3) is 5.69 Å². The topological polar surface area (TPSA) is 61.7 Å². The van der Waals surface area contributed by atoms with E-state index in [1.54, 1.807) is 6.20 Å². The van der Waals surface area contributed by atoms with Gasteiger partial charge in [-0.15, -0.1) is 0 Å². The van der Waals surface area contributed by atoms with E-state index < -0.39 is 0 Å². The van der Waals surface area contributed by atoms with Crippen molar-refractivity contribution in [3.63, 3.8) is 0 Å². The van der Waals surface area contributed by atoms with Gasteiger partial charge in [0.1, 0.15) is 5.02 Å². The summed E-state index contributed by atoms with van der Waals surface area (Å²) in [6, 6.07) is 9.27. The highest BCUT2D eigenvalue weighted by Crippen LogP contribution is 2.23. The number of carbonyl (C=O) groups is 1. The van der Waals surface area contributed by atoms with Gasteiger partial charge in [0, 0.05) is 52.2 Å². The lowest BCUT2D eigenvalue weighted by atomic mass is 10.2. The highest BCUT2D eigenvalue weighted by Gasteiger charge is 2.24. The van der Waals surface area contributed by atoms with Crippen molar-refractivity contribution in [2.45, 2.75) is 12.8 Å². The standard InChI is InChI=1S/C20H24ClN5O2/c21-19-17(15-22-26(20(19)28)16-5-2-1-3-6-16)24-12-9-23(10-13-24)11-14-25-8-4-7-18(25)27/h1-3,5-6,15H,4,7-14H2. The average molecular weight is 402 g/mol. The number of hydrogen-bond acceptors (Lipinski definition) is 5.